The topological polar surface area (TPSA) is 0 Å². The summed E-state index contributed by atoms with van der Waals surface area (Å²) in [6.07, 6.45) is 3.73. The molecule has 0 saturated heterocycles. The maximum Gasteiger partial charge on any atom is -0.00266 e. The molecule has 0 nitrogen and oxygen atoms in total. The van der Waals surface area contributed by atoms with Gasteiger partial charge in [-0.2, -0.15) is 0 Å². The Morgan fingerprint density at radius 1 is 0.655 bits per heavy atom. The highest BCUT2D eigenvalue weighted by Gasteiger charge is 2.29. The van der Waals surface area contributed by atoms with Gasteiger partial charge in [0.2, 0.25) is 0 Å². The van der Waals surface area contributed by atoms with Gasteiger partial charge in [0.15, 0.2) is 0 Å². The molecule has 0 saturated carbocycles. The number of fused-ring (bicyclic) bond motifs is 2. The minimum absolute atomic E-state index is 0.549. The van der Waals surface area contributed by atoms with E-state index in [1.807, 2.05) is 0 Å². The molecule has 3 unspecified atom stereocenters. The van der Waals surface area contributed by atoms with Crippen molar-refractivity contribution in [2.24, 2.45) is 11.8 Å². The lowest BCUT2D eigenvalue weighted by atomic mass is 9.71. The van der Waals surface area contributed by atoms with Crippen LogP contribution in [0.4, 0.5) is 0 Å². The molecule has 0 aliphatic heterocycles. The molecule has 4 aromatic rings. The number of rotatable bonds is 2. The molecule has 0 fully saturated rings. The Kier molecular flexibility index (Phi) is 4.51. The summed E-state index contributed by atoms with van der Waals surface area (Å²) in [6, 6.07) is 28.9. The number of hydrogen-bond donors (Lipinski definition) is 0. The quantitative estimate of drug-likeness (QED) is 0.243. The van der Waals surface area contributed by atoms with E-state index in [9.17, 15) is 0 Å². The predicted octanol–water partition coefficient (Wildman–Crippen LogP) is 8.37. The van der Waals surface area contributed by atoms with Crippen LogP contribution in [-0.4, -0.2) is 0 Å². The third-order valence-corrected chi connectivity index (χ3v) is 6.95. The first kappa shape index (κ1) is 18.2. The van der Waals surface area contributed by atoms with Crippen LogP contribution in [0.5, 0.6) is 0 Å². The fourth-order valence-corrected chi connectivity index (χ4v) is 5.33. The zero-order valence-electron chi connectivity index (χ0n) is 17.5. The first-order valence-electron chi connectivity index (χ1n) is 10.8. The minimum atomic E-state index is 0.549. The molecule has 0 spiro atoms. The van der Waals surface area contributed by atoms with E-state index in [0.29, 0.717) is 17.8 Å². The van der Waals surface area contributed by atoms with Gasteiger partial charge in [0.25, 0.3) is 0 Å². The Balaban J connectivity index is 1.89. The highest BCUT2D eigenvalue weighted by Crippen LogP contribution is 2.47. The van der Waals surface area contributed by atoms with Crippen molar-refractivity contribution in [1.29, 1.82) is 0 Å². The minimum Gasteiger partial charge on any atom is -0.0819 e. The molecule has 4 aromatic carbocycles. The lowest BCUT2D eigenvalue weighted by Gasteiger charge is -2.33. The summed E-state index contributed by atoms with van der Waals surface area (Å²) in [5, 5.41) is 5.58. The van der Waals surface area contributed by atoms with Gasteiger partial charge in [-0.15, -0.1) is 0 Å². The second-order valence-electron chi connectivity index (χ2n) is 8.76. The van der Waals surface area contributed by atoms with E-state index in [2.05, 4.69) is 106 Å². The van der Waals surface area contributed by atoms with E-state index in [1.165, 1.54) is 39.1 Å². The lowest BCUT2D eigenvalue weighted by Crippen LogP contribution is -2.19. The van der Waals surface area contributed by atoms with Crippen molar-refractivity contribution in [3.63, 3.8) is 0 Å². The van der Waals surface area contributed by atoms with E-state index in [1.54, 1.807) is 11.1 Å². The van der Waals surface area contributed by atoms with Gasteiger partial charge in [-0.3, -0.25) is 0 Å². The van der Waals surface area contributed by atoms with Gasteiger partial charge in [0, 0.05) is 0 Å². The molecule has 0 heteroatoms. The van der Waals surface area contributed by atoms with Crippen molar-refractivity contribution >= 4 is 21.5 Å². The molecule has 0 N–H and O–H groups in total. The van der Waals surface area contributed by atoms with E-state index in [4.69, 9.17) is 0 Å². The van der Waals surface area contributed by atoms with E-state index in [-0.39, 0.29) is 0 Å². The van der Waals surface area contributed by atoms with Crippen LogP contribution >= 0.6 is 0 Å². The zero-order valence-corrected chi connectivity index (χ0v) is 17.5. The number of hydrogen-bond acceptors (Lipinski definition) is 0. The number of allylic oxidation sites excluding steroid dienone is 2. The van der Waals surface area contributed by atoms with Gasteiger partial charge in [0.1, 0.15) is 0 Å². The van der Waals surface area contributed by atoms with Crippen molar-refractivity contribution in [2.75, 3.05) is 0 Å². The van der Waals surface area contributed by atoms with Crippen LogP contribution in [0.3, 0.4) is 0 Å². The number of benzene rings is 4. The average Bonchev–Trinajstić information content (AvgIpc) is 2.75. The van der Waals surface area contributed by atoms with E-state index in [0.717, 1.165) is 0 Å². The maximum absolute atomic E-state index is 2.51. The maximum atomic E-state index is 2.51. The Labute approximate surface area is 173 Å². The molecular formula is C29H28. The average molecular weight is 377 g/mol. The van der Waals surface area contributed by atoms with Gasteiger partial charge in [-0.25, -0.2) is 0 Å². The standard InChI is InChI=1S/C29H28/c1-19-17-21(3)27(18-20(19)2)29-25-15-9-7-13-23(25)28(22-11-5-4-6-12-22)24-14-8-10-16-26(24)29/h4-17,20-21,27H,18H2,1-3H3. The SMILES string of the molecule is CC1=CC(C)C(c2c3ccccc3c(-c3ccccc3)c3ccccc23)CC1C. The van der Waals surface area contributed by atoms with Gasteiger partial charge in [-0.1, -0.05) is 104 Å². The van der Waals surface area contributed by atoms with Crippen LogP contribution in [0, 0.1) is 11.8 Å². The van der Waals surface area contributed by atoms with Crippen LogP contribution in [-0.2, 0) is 0 Å². The summed E-state index contributed by atoms with van der Waals surface area (Å²) in [4.78, 5) is 0. The summed E-state index contributed by atoms with van der Waals surface area (Å²) in [5.41, 5.74) is 5.75. The Hall–Kier alpha value is -2.86. The monoisotopic (exact) mass is 376 g/mol. The molecule has 0 heterocycles. The summed E-state index contributed by atoms with van der Waals surface area (Å²) < 4.78 is 0. The molecule has 5 rings (SSSR count). The van der Waals surface area contributed by atoms with Crippen molar-refractivity contribution < 1.29 is 0 Å². The fraction of sp³-hybridized carbons (Fsp3) is 0.241. The van der Waals surface area contributed by atoms with Gasteiger partial charge in [-0.05, 0) is 69.3 Å². The Morgan fingerprint density at radius 3 is 1.76 bits per heavy atom. The third kappa shape index (κ3) is 2.99. The molecule has 1 aliphatic rings. The summed E-state index contributed by atoms with van der Waals surface area (Å²) in [7, 11) is 0. The second-order valence-corrected chi connectivity index (χ2v) is 8.76. The van der Waals surface area contributed by atoms with Crippen molar-refractivity contribution in [2.45, 2.75) is 33.1 Å². The van der Waals surface area contributed by atoms with E-state index < -0.39 is 0 Å². The molecule has 0 amide bonds. The molecule has 3 atom stereocenters. The smallest absolute Gasteiger partial charge is 0.00266 e. The van der Waals surface area contributed by atoms with Crippen LogP contribution in [0.25, 0.3) is 32.7 Å². The first-order valence-corrected chi connectivity index (χ1v) is 10.8. The van der Waals surface area contributed by atoms with Gasteiger partial charge in [0.05, 0.1) is 0 Å². The van der Waals surface area contributed by atoms with Gasteiger partial charge >= 0.3 is 0 Å². The van der Waals surface area contributed by atoms with Crippen molar-refractivity contribution in [3.8, 4) is 11.1 Å². The highest BCUT2D eigenvalue weighted by atomic mass is 14.3. The lowest BCUT2D eigenvalue weighted by molar-refractivity contribution is 0.417. The predicted molar refractivity (Wildman–Crippen MR) is 126 cm³/mol. The third-order valence-electron chi connectivity index (χ3n) is 6.95. The summed E-state index contributed by atoms with van der Waals surface area (Å²) in [6.45, 7) is 7.08. The van der Waals surface area contributed by atoms with Crippen LogP contribution < -0.4 is 0 Å². The molecule has 1 aliphatic carbocycles. The fourth-order valence-electron chi connectivity index (χ4n) is 5.33. The summed E-state index contributed by atoms with van der Waals surface area (Å²) >= 11 is 0. The first-order chi connectivity index (χ1) is 14.1. The van der Waals surface area contributed by atoms with Crippen molar-refractivity contribution in [3.05, 3.63) is 96.1 Å². The largest absolute Gasteiger partial charge is 0.0819 e. The molecule has 29 heavy (non-hydrogen) atoms. The normalized spacial score (nSPS) is 22.0. The molecule has 144 valence electrons. The van der Waals surface area contributed by atoms with Crippen molar-refractivity contribution in [1.82, 2.24) is 0 Å². The molecular weight excluding hydrogens is 348 g/mol. The second kappa shape index (κ2) is 7.19. The van der Waals surface area contributed by atoms with E-state index >= 15 is 0 Å². The zero-order chi connectivity index (χ0) is 20.0. The van der Waals surface area contributed by atoms with Crippen LogP contribution in [0.15, 0.2) is 90.5 Å². The van der Waals surface area contributed by atoms with Gasteiger partial charge < -0.3 is 0 Å². The molecule has 0 radical (unpaired) electrons. The van der Waals surface area contributed by atoms with Crippen LogP contribution in [0.1, 0.15) is 38.7 Å². The Morgan fingerprint density at radius 2 is 1.17 bits per heavy atom. The van der Waals surface area contributed by atoms with Crippen LogP contribution in [0.2, 0.25) is 0 Å². The highest BCUT2D eigenvalue weighted by molar-refractivity contribution is 6.15. The summed E-state index contributed by atoms with van der Waals surface area (Å²) in [5.74, 6) is 1.75. The molecule has 0 bridgehead atoms. The Bertz CT molecular complexity index is 1160. The molecule has 0 aromatic heterocycles.